The number of nitrogens with zero attached hydrogens (tertiary/aromatic N) is 1. The summed E-state index contributed by atoms with van der Waals surface area (Å²) in [5.41, 5.74) is 0.280. The first-order valence-electron chi connectivity index (χ1n) is 4.28. The van der Waals surface area contributed by atoms with Crippen molar-refractivity contribution in [3.05, 3.63) is 36.4 Å². The summed E-state index contributed by atoms with van der Waals surface area (Å²) in [6.45, 7) is 4.49. The molecular weight excluding hydrogens is 203 g/mol. The Kier molecular flexibility index (Phi) is 3.29. The normalized spacial score (nSPS) is 12.7. The predicted octanol–water partition coefficient (Wildman–Crippen LogP) is 3.98. The molecule has 0 saturated carbocycles. The fourth-order valence-electron chi connectivity index (χ4n) is 0.942. The van der Waals surface area contributed by atoms with E-state index in [2.05, 4.69) is 11.6 Å². The van der Waals surface area contributed by atoms with Gasteiger partial charge in [0.2, 0.25) is 0 Å². The Bertz CT molecular complexity index is 374. The van der Waals surface area contributed by atoms with E-state index in [0.717, 1.165) is 12.5 Å². The van der Waals surface area contributed by atoms with Crippen LogP contribution in [-0.4, -0.2) is 11.9 Å². The average Bonchev–Trinajstić information content (AvgIpc) is 2.17. The molecule has 1 aromatic rings. The molecule has 4 heteroatoms. The first kappa shape index (κ1) is 11.5. The molecule has 0 aliphatic carbocycles. The van der Waals surface area contributed by atoms with E-state index in [1.54, 1.807) is 18.2 Å². The molecule has 0 unspecified atom stereocenters. The summed E-state index contributed by atoms with van der Waals surface area (Å²) >= 11 is 0. The number of hydrogen-bond acceptors (Lipinski definition) is 1. The van der Waals surface area contributed by atoms with E-state index in [-0.39, 0.29) is 5.69 Å². The van der Waals surface area contributed by atoms with Crippen LogP contribution in [0.3, 0.4) is 0 Å². The number of alkyl halides is 3. The maximum Gasteiger partial charge on any atom is 0.429 e. The van der Waals surface area contributed by atoms with Gasteiger partial charge in [-0.3, -0.25) is 0 Å². The molecule has 0 amide bonds. The van der Waals surface area contributed by atoms with Crippen molar-refractivity contribution in [2.24, 2.45) is 4.99 Å². The van der Waals surface area contributed by atoms with Gasteiger partial charge in [-0.2, -0.15) is 13.2 Å². The molecule has 0 fully saturated rings. The van der Waals surface area contributed by atoms with Crippen molar-refractivity contribution in [1.29, 1.82) is 0 Å². The van der Waals surface area contributed by atoms with Gasteiger partial charge in [-0.1, -0.05) is 24.8 Å². The molecule has 0 radical (unpaired) electrons. The number of hydrogen-bond donors (Lipinski definition) is 0. The molecule has 0 bridgehead atoms. The Morgan fingerprint density at radius 3 is 2.20 bits per heavy atom. The van der Waals surface area contributed by atoms with E-state index in [1.807, 2.05) is 0 Å². The molecule has 0 aliphatic rings. The minimum Gasteiger partial charge on any atom is -0.249 e. The van der Waals surface area contributed by atoms with Crippen molar-refractivity contribution < 1.29 is 13.2 Å². The average molecular weight is 213 g/mol. The van der Waals surface area contributed by atoms with Crippen LogP contribution in [0.4, 0.5) is 18.9 Å². The third-order valence-electron chi connectivity index (χ3n) is 1.84. The summed E-state index contributed by atoms with van der Waals surface area (Å²) in [5.74, 6) is 0. The monoisotopic (exact) mass is 213 g/mol. The van der Waals surface area contributed by atoms with Gasteiger partial charge in [0, 0.05) is 0 Å². The van der Waals surface area contributed by atoms with Gasteiger partial charge in [0.05, 0.1) is 5.69 Å². The van der Waals surface area contributed by atoms with Gasteiger partial charge in [-0.25, -0.2) is 4.99 Å². The number of halogens is 3. The zero-order valence-corrected chi connectivity index (χ0v) is 8.17. The zero-order chi connectivity index (χ0) is 11.5. The van der Waals surface area contributed by atoms with Crippen molar-refractivity contribution in [3.63, 3.8) is 0 Å². The van der Waals surface area contributed by atoms with Crippen LogP contribution in [0.5, 0.6) is 0 Å². The lowest BCUT2D eigenvalue weighted by Gasteiger charge is -2.05. The first-order valence-corrected chi connectivity index (χ1v) is 4.28. The Hall–Kier alpha value is -1.58. The Morgan fingerprint density at radius 2 is 1.80 bits per heavy atom. The quantitative estimate of drug-likeness (QED) is 0.659. The molecule has 0 N–H and O–H groups in total. The van der Waals surface area contributed by atoms with E-state index < -0.39 is 11.9 Å². The molecule has 0 saturated heterocycles. The maximum atomic E-state index is 12.1. The summed E-state index contributed by atoms with van der Waals surface area (Å²) in [7, 11) is 0. The van der Waals surface area contributed by atoms with E-state index in [1.165, 1.54) is 12.1 Å². The summed E-state index contributed by atoms with van der Waals surface area (Å²) in [6, 6.07) is 6.36. The highest BCUT2D eigenvalue weighted by Gasteiger charge is 2.31. The fraction of sp³-hybridized carbons (Fsp3) is 0.182. The van der Waals surface area contributed by atoms with Crippen molar-refractivity contribution in [3.8, 4) is 0 Å². The van der Waals surface area contributed by atoms with Crippen molar-refractivity contribution in [2.75, 3.05) is 0 Å². The minimum absolute atomic E-state index is 0.287. The van der Waals surface area contributed by atoms with Gasteiger partial charge in [-0.15, -0.1) is 0 Å². The first-order chi connectivity index (χ1) is 6.93. The molecular formula is C11H10F3N. The summed E-state index contributed by atoms with van der Waals surface area (Å²) in [5, 5.41) is 0. The lowest BCUT2D eigenvalue weighted by atomic mass is 10.2. The zero-order valence-electron chi connectivity index (χ0n) is 8.17. The maximum absolute atomic E-state index is 12.1. The lowest BCUT2D eigenvalue weighted by molar-refractivity contribution is -0.0591. The van der Waals surface area contributed by atoms with Gasteiger partial charge in [0.25, 0.3) is 0 Å². The third-order valence-corrected chi connectivity index (χ3v) is 1.84. The van der Waals surface area contributed by atoms with Gasteiger partial charge in [0.15, 0.2) is 0 Å². The van der Waals surface area contributed by atoms with Crippen LogP contribution < -0.4 is 0 Å². The molecule has 0 aromatic heterocycles. The van der Waals surface area contributed by atoms with E-state index in [9.17, 15) is 13.2 Å². The molecule has 80 valence electrons. The van der Waals surface area contributed by atoms with Gasteiger partial charge < -0.3 is 0 Å². The largest absolute Gasteiger partial charge is 0.429 e. The molecule has 1 nitrogen and oxygen atoms in total. The standard InChI is InChI=1S/C11H10F3N/c1-3-9-4-6-10(7-5-9)15-8(2)11(12,13)14/h3-7H,1H2,2H3. The van der Waals surface area contributed by atoms with E-state index in [0.29, 0.717) is 0 Å². The van der Waals surface area contributed by atoms with Crippen molar-refractivity contribution >= 4 is 17.5 Å². The van der Waals surface area contributed by atoms with Crippen LogP contribution in [0.2, 0.25) is 0 Å². The number of benzene rings is 1. The predicted molar refractivity (Wildman–Crippen MR) is 55.4 cm³/mol. The molecule has 1 aromatic carbocycles. The molecule has 15 heavy (non-hydrogen) atoms. The Balaban J connectivity index is 2.94. The second kappa shape index (κ2) is 4.29. The van der Waals surface area contributed by atoms with Gasteiger partial charge in [0.1, 0.15) is 5.71 Å². The highest BCUT2D eigenvalue weighted by molar-refractivity contribution is 5.89. The van der Waals surface area contributed by atoms with Gasteiger partial charge in [-0.05, 0) is 24.6 Å². The smallest absolute Gasteiger partial charge is 0.249 e. The second-order valence-electron chi connectivity index (χ2n) is 2.99. The molecule has 0 atom stereocenters. The molecule has 1 rings (SSSR count). The molecule has 0 spiro atoms. The highest BCUT2D eigenvalue weighted by Crippen LogP contribution is 2.21. The molecule has 0 aliphatic heterocycles. The third kappa shape index (κ3) is 3.23. The van der Waals surface area contributed by atoms with Crippen LogP contribution in [-0.2, 0) is 0 Å². The van der Waals surface area contributed by atoms with Crippen LogP contribution in [0, 0.1) is 0 Å². The van der Waals surface area contributed by atoms with Crippen LogP contribution >= 0.6 is 0 Å². The SMILES string of the molecule is C=Cc1ccc(N=C(C)C(F)(F)F)cc1. The number of rotatable bonds is 2. The second-order valence-corrected chi connectivity index (χ2v) is 2.99. The Labute approximate surface area is 86.0 Å². The van der Waals surface area contributed by atoms with Crippen LogP contribution in [0.15, 0.2) is 35.8 Å². The highest BCUT2D eigenvalue weighted by atomic mass is 19.4. The summed E-state index contributed by atoms with van der Waals surface area (Å²) in [4.78, 5) is 3.46. The summed E-state index contributed by atoms with van der Waals surface area (Å²) in [6.07, 6.45) is -2.75. The van der Waals surface area contributed by atoms with E-state index in [4.69, 9.17) is 0 Å². The fourth-order valence-corrected chi connectivity index (χ4v) is 0.942. The van der Waals surface area contributed by atoms with E-state index >= 15 is 0 Å². The Morgan fingerprint density at radius 1 is 1.27 bits per heavy atom. The lowest BCUT2D eigenvalue weighted by Crippen LogP contribution is -2.18. The topological polar surface area (TPSA) is 12.4 Å². The minimum atomic E-state index is -4.36. The molecule has 0 heterocycles. The van der Waals surface area contributed by atoms with Crippen LogP contribution in [0.1, 0.15) is 12.5 Å². The van der Waals surface area contributed by atoms with Gasteiger partial charge >= 0.3 is 6.18 Å². The van der Waals surface area contributed by atoms with Crippen LogP contribution in [0.25, 0.3) is 6.08 Å². The summed E-state index contributed by atoms with van der Waals surface area (Å²) < 4.78 is 36.4. The number of aliphatic imine (C=N–C) groups is 1. The van der Waals surface area contributed by atoms with Crippen molar-refractivity contribution in [1.82, 2.24) is 0 Å². The van der Waals surface area contributed by atoms with Crippen molar-refractivity contribution in [2.45, 2.75) is 13.1 Å².